The van der Waals surface area contributed by atoms with Crippen molar-refractivity contribution in [3.63, 3.8) is 0 Å². The third-order valence-electron chi connectivity index (χ3n) is 6.69. The summed E-state index contributed by atoms with van der Waals surface area (Å²) >= 11 is 0. The number of sulfonamides is 1. The molecule has 1 fully saturated rings. The normalized spacial score (nSPS) is 14.8. The van der Waals surface area contributed by atoms with E-state index in [-0.39, 0.29) is 30.7 Å². The molecule has 0 radical (unpaired) electrons. The zero-order valence-corrected chi connectivity index (χ0v) is 23.8. The van der Waals surface area contributed by atoms with Crippen LogP contribution in [-0.4, -0.2) is 60.8 Å². The van der Waals surface area contributed by atoms with Crippen molar-refractivity contribution in [2.45, 2.75) is 52.1 Å². The van der Waals surface area contributed by atoms with E-state index >= 15 is 0 Å². The summed E-state index contributed by atoms with van der Waals surface area (Å²) in [5.41, 5.74) is 0.586. The van der Waals surface area contributed by atoms with Crippen LogP contribution in [0.15, 0.2) is 42.6 Å². The molecular weight excluding hydrogens is 548 g/mol. The molecule has 0 bridgehead atoms. The quantitative estimate of drug-likeness (QED) is 0.352. The Morgan fingerprint density at radius 2 is 1.60 bits per heavy atom. The number of alkyl halides is 3. The van der Waals surface area contributed by atoms with Gasteiger partial charge in [0.2, 0.25) is 16.0 Å². The summed E-state index contributed by atoms with van der Waals surface area (Å²) in [7, 11) is -3.81. The third-order valence-corrected chi connectivity index (χ3v) is 9.01. The molecule has 40 heavy (non-hydrogen) atoms. The number of piperazine rings is 1. The first-order valence-corrected chi connectivity index (χ1v) is 14.4. The van der Waals surface area contributed by atoms with Gasteiger partial charge in [-0.3, -0.25) is 0 Å². The van der Waals surface area contributed by atoms with E-state index in [1.54, 1.807) is 57.7 Å². The topological polar surface area (TPSA) is 82.5 Å². The molecule has 216 valence electrons. The highest BCUT2D eigenvalue weighted by Gasteiger charge is 2.37. The molecule has 0 amide bonds. The first-order valence-electron chi connectivity index (χ1n) is 12.9. The molecule has 0 N–H and O–H groups in total. The number of pyridine rings is 1. The van der Waals surface area contributed by atoms with Gasteiger partial charge in [0.15, 0.2) is 0 Å². The first kappa shape index (κ1) is 29.5. The van der Waals surface area contributed by atoms with Gasteiger partial charge in [0.05, 0.1) is 16.5 Å². The van der Waals surface area contributed by atoms with Gasteiger partial charge in [-0.25, -0.2) is 27.1 Å². The number of anilines is 3. The molecule has 0 aliphatic carbocycles. The van der Waals surface area contributed by atoms with E-state index in [2.05, 4.69) is 15.0 Å². The van der Waals surface area contributed by atoms with Gasteiger partial charge in [-0.05, 0) is 70.5 Å². The Morgan fingerprint density at radius 1 is 0.950 bits per heavy atom. The SMILES string of the molecule is Cc1cc(-c2cc(N3CCN(c4ncccc4C(F)(F)F)CC3)nc(N(C(C)C)S(=O)(=O)C(C)C)n2)ccc1F. The standard InChI is InChI=1S/C27H32F4N6O2S/c1-17(2)37(40(38,39)18(3)4)26-33-23(20-8-9-22(28)19(5)15-20)16-24(34-26)35-11-13-36(14-12-35)25-21(27(29,30)31)7-6-10-32-25/h6-10,15-18H,11-14H2,1-5H3. The molecule has 1 aliphatic rings. The minimum atomic E-state index is -4.54. The summed E-state index contributed by atoms with van der Waals surface area (Å²) in [4.78, 5) is 16.6. The molecule has 0 atom stereocenters. The van der Waals surface area contributed by atoms with E-state index in [4.69, 9.17) is 0 Å². The monoisotopic (exact) mass is 580 g/mol. The third kappa shape index (κ3) is 5.98. The fraction of sp³-hybridized carbons (Fsp3) is 0.444. The second kappa shape index (κ2) is 11.2. The number of rotatable bonds is 7. The predicted octanol–water partition coefficient (Wildman–Crippen LogP) is 5.28. The Hall–Kier alpha value is -3.48. The van der Waals surface area contributed by atoms with E-state index in [1.165, 1.54) is 22.6 Å². The average Bonchev–Trinajstić information content (AvgIpc) is 2.89. The van der Waals surface area contributed by atoms with Crippen molar-refractivity contribution in [1.29, 1.82) is 0 Å². The van der Waals surface area contributed by atoms with Crippen LogP contribution in [-0.2, 0) is 16.2 Å². The molecular formula is C27H32F4N6O2S. The summed E-state index contributed by atoms with van der Waals surface area (Å²) in [6.07, 6.45) is -3.20. The van der Waals surface area contributed by atoms with E-state index in [9.17, 15) is 26.0 Å². The minimum Gasteiger partial charge on any atom is -0.353 e. The lowest BCUT2D eigenvalue weighted by Crippen LogP contribution is -2.48. The van der Waals surface area contributed by atoms with Crippen molar-refractivity contribution in [3.8, 4) is 11.3 Å². The molecule has 0 saturated carbocycles. The molecule has 8 nitrogen and oxygen atoms in total. The van der Waals surface area contributed by atoms with Gasteiger partial charge in [0.1, 0.15) is 17.5 Å². The van der Waals surface area contributed by atoms with Gasteiger partial charge in [-0.1, -0.05) is 0 Å². The molecule has 3 heterocycles. The van der Waals surface area contributed by atoms with Crippen LogP contribution in [0.25, 0.3) is 11.3 Å². The second-order valence-corrected chi connectivity index (χ2v) is 12.6. The number of aryl methyl sites for hydroxylation is 1. The summed E-state index contributed by atoms with van der Waals surface area (Å²) in [5, 5.41) is -0.733. The van der Waals surface area contributed by atoms with Crippen molar-refractivity contribution < 1.29 is 26.0 Å². The number of hydrogen-bond acceptors (Lipinski definition) is 7. The Morgan fingerprint density at radius 3 is 2.17 bits per heavy atom. The zero-order chi connectivity index (χ0) is 29.4. The molecule has 4 rings (SSSR count). The van der Waals surface area contributed by atoms with Gasteiger partial charge in [-0.15, -0.1) is 0 Å². The number of aromatic nitrogens is 3. The first-order chi connectivity index (χ1) is 18.7. The zero-order valence-electron chi connectivity index (χ0n) is 22.9. The van der Waals surface area contributed by atoms with Crippen LogP contribution >= 0.6 is 0 Å². The maximum absolute atomic E-state index is 14.0. The molecule has 3 aromatic rings. The molecule has 2 aromatic heterocycles. The maximum Gasteiger partial charge on any atom is 0.419 e. The Kier molecular flexibility index (Phi) is 8.25. The van der Waals surface area contributed by atoms with Crippen LogP contribution in [0.4, 0.5) is 35.1 Å². The fourth-order valence-electron chi connectivity index (χ4n) is 4.52. The highest BCUT2D eigenvalue weighted by molar-refractivity contribution is 7.93. The van der Waals surface area contributed by atoms with Crippen molar-refractivity contribution in [1.82, 2.24) is 15.0 Å². The Bertz CT molecular complexity index is 1470. The number of hydrogen-bond donors (Lipinski definition) is 0. The van der Waals surface area contributed by atoms with Crippen LogP contribution < -0.4 is 14.1 Å². The lowest BCUT2D eigenvalue weighted by Gasteiger charge is -2.37. The van der Waals surface area contributed by atoms with Crippen LogP contribution in [0.2, 0.25) is 0 Å². The van der Waals surface area contributed by atoms with Gasteiger partial charge >= 0.3 is 6.18 Å². The molecule has 0 unspecified atom stereocenters. The summed E-state index contributed by atoms with van der Waals surface area (Å²) in [6, 6.07) is 7.97. The minimum absolute atomic E-state index is 0.0234. The van der Waals surface area contributed by atoms with Gasteiger partial charge in [0.25, 0.3) is 0 Å². The average molecular weight is 581 g/mol. The van der Waals surface area contributed by atoms with Gasteiger partial charge in [-0.2, -0.15) is 18.2 Å². The van der Waals surface area contributed by atoms with Gasteiger partial charge in [0, 0.05) is 50.0 Å². The fourth-order valence-corrected chi connectivity index (χ4v) is 5.87. The summed E-state index contributed by atoms with van der Waals surface area (Å²) in [6.45, 7) is 9.32. The number of nitrogens with zero attached hydrogens (tertiary/aromatic N) is 6. The van der Waals surface area contributed by atoms with Crippen molar-refractivity contribution in [2.24, 2.45) is 0 Å². The lowest BCUT2D eigenvalue weighted by molar-refractivity contribution is -0.137. The lowest BCUT2D eigenvalue weighted by atomic mass is 10.1. The number of benzene rings is 1. The Balaban J connectivity index is 1.74. The highest BCUT2D eigenvalue weighted by atomic mass is 32.2. The molecule has 13 heteroatoms. The highest BCUT2D eigenvalue weighted by Crippen LogP contribution is 2.36. The van der Waals surface area contributed by atoms with E-state index in [0.29, 0.717) is 35.7 Å². The van der Waals surface area contributed by atoms with E-state index in [1.807, 2.05) is 4.90 Å². The van der Waals surface area contributed by atoms with Crippen molar-refractivity contribution in [3.05, 3.63) is 59.5 Å². The molecule has 1 aromatic carbocycles. The Labute approximate surface area is 231 Å². The van der Waals surface area contributed by atoms with Crippen LogP contribution in [0.3, 0.4) is 0 Å². The number of halogens is 4. The summed E-state index contributed by atoms with van der Waals surface area (Å²) in [5.74, 6) is -0.115. The van der Waals surface area contributed by atoms with Crippen LogP contribution in [0.5, 0.6) is 0 Å². The van der Waals surface area contributed by atoms with Crippen LogP contribution in [0.1, 0.15) is 38.8 Å². The van der Waals surface area contributed by atoms with Crippen molar-refractivity contribution in [2.75, 3.05) is 40.3 Å². The molecule has 1 aliphatic heterocycles. The maximum atomic E-state index is 14.0. The van der Waals surface area contributed by atoms with E-state index < -0.39 is 33.1 Å². The smallest absolute Gasteiger partial charge is 0.353 e. The van der Waals surface area contributed by atoms with E-state index in [0.717, 1.165) is 6.07 Å². The van der Waals surface area contributed by atoms with Gasteiger partial charge < -0.3 is 9.80 Å². The predicted molar refractivity (Wildman–Crippen MR) is 147 cm³/mol. The van der Waals surface area contributed by atoms with Crippen LogP contribution in [0, 0.1) is 12.7 Å². The van der Waals surface area contributed by atoms with Crippen molar-refractivity contribution >= 4 is 27.6 Å². The largest absolute Gasteiger partial charge is 0.419 e. The summed E-state index contributed by atoms with van der Waals surface area (Å²) < 4.78 is 82.5. The molecule has 1 saturated heterocycles. The molecule has 0 spiro atoms. The second-order valence-electron chi connectivity index (χ2n) is 10.2.